The average molecular weight is 225 g/mol. The zero-order valence-corrected chi connectivity index (χ0v) is 9.99. The third kappa shape index (κ3) is 3.31. The Balaban J connectivity index is 2.67. The summed E-state index contributed by atoms with van der Waals surface area (Å²) in [6.07, 6.45) is 0. The molecule has 90 valence electrons. The highest BCUT2D eigenvalue weighted by atomic mass is 16.5. The van der Waals surface area contributed by atoms with Crippen molar-refractivity contribution in [1.29, 1.82) is 0 Å². The second-order valence-corrected chi connectivity index (χ2v) is 3.74. The van der Waals surface area contributed by atoms with Crippen LogP contribution in [0.2, 0.25) is 0 Å². The molecule has 0 bridgehead atoms. The number of hydrogen-bond donors (Lipinski definition) is 2. The lowest BCUT2D eigenvalue weighted by molar-refractivity contribution is 0.244. The summed E-state index contributed by atoms with van der Waals surface area (Å²) in [5.74, 6) is 1.64. The van der Waals surface area contributed by atoms with Gasteiger partial charge in [0.05, 0.1) is 14.2 Å². The Labute approximate surface area is 96.2 Å². The fourth-order valence-electron chi connectivity index (χ4n) is 1.30. The van der Waals surface area contributed by atoms with Crippen molar-refractivity contribution in [2.24, 2.45) is 5.92 Å². The molecule has 4 nitrogen and oxygen atoms in total. The van der Waals surface area contributed by atoms with Gasteiger partial charge in [-0.25, -0.2) is 0 Å². The Morgan fingerprint density at radius 2 is 1.94 bits per heavy atom. The van der Waals surface area contributed by atoms with Crippen LogP contribution in [0.3, 0.4) is 0 Å². The van der Waals surface area contributed by atoms with Crippen LogP contribution in [0.25, 0.3) is 0 Å². The average Bonchev–Trinajstić information content (AvgIpc) is 2.35. The van der Waals surface area contributed by atoms with E-state index in [0.29, 0.717) is 11.5 Å². The molecule has 1 atom stereocenters. The largest absolute Gasteiger partial charge is 0.493 e. The van der Waals surface area contributed by atoms with Crippen LogP contribution < -0.4 is 14.8 Å². The van der Waals surface area contributed by atoms with E-state index < -0.39 is 0 Å². The van der Waals surface area contributed by atoms with Gasteiger partial charge in [-0.2, -0.15) is 0 Å². The molecule has 0 radical (unpaired) electrons. The summed E-state index contributed by atoms with van der Waals surface area (Å²) in [5.41, 5.74) is 0.956. The molecule has 0 saturated heterocycles. The normalized spacial score (nSPS) is 12.0. The monoisotopic (exact) mass is 225 g/mol. The van der Waals surface area contributed by atoms with Gasteiger partial charge in [-0.05, 0) is 18.1 Å². The Kier molecular flexibility index (Phi) is 4.92. The Morgan fingerprint density at radius 1 is 1.25 bits per heavy atom. The molecule has 1 rings (SSSR count). The number of hydrogen-bond acceptors (Lipinski definition) is 4. The standard InChI is InChI=1S/C12H19NO3/c1-9(8-14)7-13-10-4-5-11(15-2)12(6-10)16-3/h4-6,9,13-14H,7-8H2,1-3H3. The van der Waals surface area contributed by atoms with Gasteiger partial charge < -0.3 is 19.9 Å². The molecule has 0 spiro atoms. The van der Waals surface area contributed by atoms with E-state index in [2.05, 4.69) is 5.32 Å². The highest BCUT2D eigenvalue weighted by molar-refractivity contribution is 5.54. The second-order valence-electron chi connectivity index (χ2n) is 3.74. The van der Waals surface area contributed by atoms with Gasteiger partial charge in [-0.1, -0.05) is 6.92 Å². The van der Waals surface area contributed by atoms with Gasteiger partial charge in [0.2, 0.25) is 0 Å². The number of rotatable bonds is 6. The van der Waals surface area contributed by atoms with Crippen LogP contribution >= 0.6 is 0 Å². The minimum atomic E-state index is 0.181. The Morgan fingerprint density at radius 3 is 2.50 bits per heavy atom. The molecule has 0 aliphatic rings. The molecule has 0 amide bonds. The van der Waals surface area contributed by atoms with Crippen LogP contribution in [0.5, 0.6) is 11.5 Å². The van der Waals surface area contributed by atoms with Gasteiger partial charge in [-0.15, -0.1) is 0 Å². The maximum Gasteiger partial charge on any atom is 0.162 e. The molecule has 0 aliphatic heterocycles. The summed E-state index contributed by atoms with van der Waals surface area (Å²) < 4.78 is 10.3. The summed E-state index contributed by atoms with van der Waals surface area (Å²) in [5, 5.41) is 12.1. The Hall–Kier alpha value is -1.42. The number of nitrogens with one attached hydrogen (secondary N) is 1. The molecule has 0 aromatic heterocycles. The van der Waals surface area contributed by atoms with Crippen LogP contribution in [0, 0.1) is 5.92 Å². The molecule has 0 aliphatic carbocycles. The predicted molar refractivity (Wildman–Crippen MR) is 64.3 cm³/mol. The van der Waals surface area contributed by atoms with Crippen LogP contribution in [0.4, 0.5) is 5.69 Å². The van der Waals surface area contributed by atoms with Gasteiger partial charge in [0, 0.05) is 24.9 Å². The number of aliphatic hydroxyl groups is 1. The molecule has 1 aromatic carbocycles. The summed E-state index contributed by atoms with van der Waals surface area (Å²) in [6, 6.07) is 5.65. The number of aliphatic hydroxyl groups excluding tert-OH is 1. The van der Waals surface area contributed by atoms with Gasteiger partial charge >= 0.3 is 0 Å². The highest BCUT2D eigenvalue weighted by Gasteiger charge is 2.05. The van der Waals surface area contributed by atoms with Crippen molar-refractivity contribution in [3.63, 3.8) is 0 Å². The van der Waals surface area contributed by atoms with E-state index >= 15 is 0 Å². The SMILES string of the molecule is COc1ccc(NCC(C)CO)cc1OC. The second kappa shape index (κ2) is 6.23. The van der Waals surface area contributed by atoms with E-state index in [9.17, 15) is 0 Å². The first kappa shape index (κ1) is 12.6. The van der Waals surface area contributed by atoms with E-state index in [-0.39, 0.29) is 12.5 Å². The molecule has 1 unspecified atom stereocenters. The molecule has 0 heterocycles. The maximum absolute atomic E-state index is 8.91. The van der Waals surface area contributed by atoms with Gasteiger partial charge in [0.15, 0.2) is 11.5 Å². The predicted octanol–water partition coefficient (Wildman–Crippen LogP) is 1.74. The van der Waals surface area contributed by atoms with Gasteiger partial charge in [-0.3, -0.25) is 0 Å². The van der Waals surface area contributed by atoms with Gasteiger partial charge in [0.25, 0.3) is 0 Å². The van der Waals surface area contributed by atoms with Crippen molar-refractivity contribution in [3.8, 4) is 11.5 Å². The van der Waals surface area contributed by atoms with E-state index in [4.69, 9.17) is 14.6 Å². The summed E-state index contributed by atoms with van der Waals surface area (Å²) in [4.78, 5) is 0. The molecule has 2 N–H and O–H groups in total. The molecule has 4 heteroatoms. The minimum Gasteiger partial charge on any atom is -0.493 e. The number of benzene rings is 1. The van der Waals surface area contributed by atoms with Crippen LogP contribution in [0.1, 0.15) is 6.92 Å². The van der Waals surface area contributed by atoms with Crippen molar-refractivity contribution < 1.29 is 14.6 Å². The topological polar surface area (TPSA) is 50.7 Å². The minimum absolute atomic E-state index is 0.181. The number of anilines is 1. The quantitative estimate of drug-likeness (QED) is 0.774. The molecular formula is C12H19NO3. The molecular weight excluding hydrogens is 206 g/mol. The van der Waals surface area contributed by atoms with Crippen LogP contribution in [-0.4, -0.2) is 32.5 Å². The first-order valence-corrected chi connectivity index (χ1v) is 5.28. The van der Waals surface area contributed by atoms with Gasteiger partial charge in [0.1, 0.15) is 0 Å². The molecule has 1 aromatic rings. The fraction of sp³-hybridized carbons (Fsp3) is 0.500. The van der Waals surface area contributed by atoms with Crippen molar-refractivity contribution in [2.45, 2.75) is 6.92 Å². The van der Waals surface area contributed by atoms with Crippen molar-refractivity contribution in [2.75, 3.05) is 32.7 Å². The smallest absolute Gasteiger partial charge is 0.162 e. The van der Waals surface area contributed by atoms with E-state index in [1.54, 1.807) is 14.2 Å². The number of ether oxygens (including phenoxy) is 2. The lowest BCUT2D eigenvalue weighted by Gasteiger charge is -2.13. The first-order chi connectivity index (χ1) is 7.71. The van der Waals surface area contributed by atoms with Crippen LogP contribution in [0.15, 0.2) is 18.2 Å². The zero-order chi connectivity index (χ0) is 12.0. The molecule has 0 fully saturated rings. The van der Waals surface area contributed by atoms with E-state index in [1.807, 2.05) is 25.1 Å². The summed E-state index contributed by atoms with van der Waals surface area (Å²) in [6.45, 7) is 2.89. The fourth-order valence-corrected chi connectivity index (χ4v) is 1.30. The lowest BCUT2D eigenvalue weighted by atomic mass is 10.2. The van der Waals surface area contributed by atoms with Crippen LogP contribution in [-0.2, 0) is 0 Å². The third-order valence-corrected chi connectivity index (χ3v) is 2.35. The van der Waals surface area contributed by atoms with Crippen molar-refractivity contribution in [1.82, 2.24) is 0 Å². The van der Waals surface area contributed by atoms with E-state index in [0.717, 1.165) is 12.2 Å². The molecule has 0 saturated carbocycles. The lowest BCUT2D eigenvalue weighted by Crippen LogP contribution is -2.14. The Bertz CT molecular complexity index is 328. The summed E-state index contributed by atoms with van der Waals surface area (Å²) >= 11 is 0. The maximum atomic E-state index is 8.91. The third-order valence-electron chi connectivity index (χ3n) is 2.35. The van der Waals surface area contributed by atoms with Crippen molar-refractivity contribution >= 4 is 5.69 Å². The van der Waals surface area contributed by atoms with E-state index in [1.165, 1.54) is 0 Å². The van der Waals surface area contributed by atoms with Crippen molar-refractivity contribution in [3.05, 3.63) is 18.2 Å². The molecule has 16 heavy (non-hydrogen) atoms. The summed E-state index contributed by atoms with van der Waals surface area (Å²) in [7, 11) is 3.22. The zero-order valence-electron chi connectivity index (χ0n) is 9.99. The number of methoxy groups -OCH3 is 2. The first-order valence-electron chi connectivity index (χ1n) is 5.28. The highest BCUT2D eigenvalue weighted by Crippen LogP contribution is 2.29.